The molecule has 8 heteroatoms. The van der Waals surface area contributed by atoms with E-state index in [4.69, 9.17) is 11.6 Å². The molecule has 0 aliphatic rings. The summed E-state index contributed by atoms with van der Waals surface area (Å²) in [4.78, 5) is 12.4. The molecule has 28 heavy (non-hydrogen) atoms. The minimum absolute atomic E-state index is 0.00955. The number of carbonyl (C=O) groups is 1. The largest absolute Gasteiger partial charge is 0.333 e. The summed E-state index contributed by atoms with van der Waals surface area (Å²) in [5, 5.41) is 5.27. The third-order valence-corrected chi connectivity index (χ3v) is 6.81. The molecule has 0 aliphatic heterocycles. The second-order valence-corrected chi connectivity index (χ2v) is 8.82. The van der Waals surface area contributed by atoms with E-state index in [-0.39, 0.29) is 23.4 Å². The fraction of sp³-hybridized carbons (Fsp3) is 0.350. The van der Waals surface area contributed by atoms with Crippen molar-refractivity contribution in [3.8, 4) is 0 Å². The minimum Gasteiger partial charge on any atom is -0.333 e. The molecule has 0 spiro atoms. The number of sulfonamides is 1. The number of nitrogens with zero attached hydrogens (tertiary/aromatic N) is 1. The molecule has 6 nitrogen and oxygen atoms in total. The van der Waals surface area contributed by atoms with Crippen LogP contribution in [0, 0.1) is 0 Å². The molecular formula is C20H27ClN3O3S+. The molecule has 2 aromatic carbocycles. The number of benzene rings is 2. The van der Waals surface area contributed by atoms with Gasteiger partial charge in [0.15, 0.2) is 6.54 Å². The summed E-state index contributed by atoms with van der Waals surface area (Å²) in [5.74, 6) is -0.130. The number of quaternary nitrogens is 1. The monoisotopic (exact) mass is 424 g/mol. The van der Waals surface area contributed by atoms with Crippen LogP contribution in [-0.2, 0) is 14.8 Å². The number of anilines is 1. The first-order valence-corrected chi connectivity index (χ1v) is 11.1. The SMILES string of the molecule is CCN(CC)S(=O)(=O)c1ccc([C@@H](C)[NH2+]CC(=O)Nc2cccc(Cl)c2)cc1. The normalized spacial score (nSPS) is 12.8. The molecule has 0 fully saturated rings. The Labute approximate surface area is 171 Å². The van der Waals surface area contributed by atoms with Crippen molar-refractivity contribution >= 4 is 33.2 Å². The number of amides is 1. The fourth-order valence-electron chi connectivity index (χ4n) is 2.85. The van der Waals surface area contributed by atoms with Crippen molar-refractivity contribution in [3.63, 3.8) is 0 Å². The molecule has 0 bridgehead atoms. The van der Waals surface area contributed by atoms with Crippen LogP contribution in [0.4, 0.5) is 5.69 Å². The number of carbonyl (C=O) groups excluding carboxylic acids is 1. The van der Waals surface area contributed by atoms with Gasteiger partial charge in [-0.2, -0.15) is 4.31 Å². The highest BCUT2D eigenvalue weighted by Gasteiger charge is 2.22. The number of nitrogens with one attached hydrogen (secondary N) is 1. The van der Waals surface area contributed by atoms with Gasteiger partial charge in [-0.25, -0.2) is 8.42 Å². The molecule has 0 aliphatic carbocycles. The zero-order valence-electron chi connectivity index (χ0n) is 16.4. The Morgan fingerprint density at radius 3 is 2.36 bits per heavy atom. The molecule has 0 saturated heterocycles. The van der Waals surface area contributed by atoms with E-state index in [9.17, 15) is 13.2 Å². The Hall–Kier alpha value is -1.93. The molecule has 1 atom stereocenters. The standard InChI is InChI=1S/C20H26ClN3O3S/c1-4-24(5-2)28(26,27)19-11-9-16(10-12-19)15(3)22-14-20(25)23-18-8-6-7-17(21)13-18/h6-13,15,22H,4-5,14H2,1-3H3,(H,23,25)/p+1/t15-/m1/s1. The van der Waals surface area contributed by atoms with Crippen molar-refractivity contribution in [2.75, 3.05) is 25.0 Å². The van der Waals surface area contributed by atoms with Crippen LogP contribution in [0.5, 0.6) is 0 Å². The first kappa shape index (κ1) is 22.4. The Balaban J connectivity index is 1.95. The van der Waals surface area contributed by atoms with Gasteiger partial charge < -0.3 is 10.6 Å². The highest BCUT2D eigenvalue weighted by atomic mass is 35.5. The summed E-state index contributed by atoms with van der Waals surface area (Å²) in [6.45, 7) is 6.73. The summed E-state index contributed by atoms with van der Waals surface area (Å²) in [6.07, 6.45) is 0. The third-order valence-electron chi connectivity index (χ3n) is 4.51. The average Bonchev–Trinajstić information content (AvgIpc) is 2.67. The highest BCUT2D eigenvalue weighted by molar-refractivity contribution is 7.89. The van der Waals surface area contributed by atoms with Gasteiger partial charge in [0, 0.05) is 29.4 Å². The Morgan fingerprint density at radius 2 is 1.79 bits per heavy atom. The molecule has 0 aromatic heterocycles. The van der Waals surface area contributed by atoms with Crippen LogP contribution < -0.4 is 10.6 Å². The summed E-state index contributed by atoms with van der Waals surface area (Å²) in [6, 6.07) is 13.8. The maximum Gasteiger partial charge on any atom is 0.279 e. The molecule has 0 heterocycles. The summed E-state index contributed by atoms with van der Waals surface area (Å²) in [5.41, 5.74) is 1.61. The van der Waals surface area contributed by atoms with Gasteiger partial charge >= 0.3 is 0 Å². The van der Waals surface area contributed by atoms with Crippen LogP contribution in [0.2, 0.25) is 5.02 Å². The number of rotatable bonds is 9. The number of hydrogen-bond donors (Lipinski definition) is 2. The lowest BCUT2D eigenvalue weighted by Crippen LogP contribution is -2.86. The Bertz CT molecular complexity index is 897. The van der Waals surface area contributed by atoms with E-state index in [1.165, 1.54) is 4.31 Å². The number of hydrogen-bond acceptors (Lipinski definition) is 3. The smallest absolute Gasteiger partial charge is 0.279 e. The highest BCUT2D eigenvalue weighted by Crippen LogP contribution is 2.18. The van der Waals surface area contributed by atoms with Crippen LogP contribution in [0.3, 0.4) is 0 Å². The second kappa shape index (κ2) is 10.0. The van der Waals surface area contributed by atoms with E-state index in [0.29, 0.717) is 23.8 Å². The van der Waals surface area contributed by atoms with E-state index in [0.717, 1.165) is 5.56 Å². The fourth-order valence-corrected chi connectivity index (χ4v) is 4.50. The molecule has 3 N–H and O–H groups in total. The van der Waals surface area contributed by atoms with E-state index in [2.05, 4.69) is 5.32 Å². The van der Waals surface area contributed by atoms with E-state index in [1.54, 1.807) is 48.5 Å². The lowest BCUT2D eigenvalue weighted by Gasteiger charge is -2.19. The van der Waals surface area contributed by atoms with Crippen molar-refractivity contribution in [2.45, 2.75) is 31.7 Å². The van der Waals surface area contributed by atoms with E-state index >= 15 is 0 Å². The van der Waals surface area contributed by atoms with Gasteiger partial charge in [0.2, 0.25) is 10.0 Å². The van der Waals surface area contributed by atoms with Crippen molar-refractivity contribution in [3.05, 3.63) is 59.1 Å². The van der Waals surface area contributed by atoms with Crippen molar-refractivity contribution in [1.29, 1.82) is 0 Å². The molecule has 152 valence electrons. The van der Waals surface area contributed by atoms with Gasteiger partial charge in [0.1, 0.15) is 6.04 Å². The molecule has 0 unspecified atom stereocenters. The molecular weight excluding hydrogens is 398 g/mol. The summed E-state index contributed by atoms with van der Waals surface area (Å²) < 4.78 is 26.5. The van der Waals surface area contributed by atoms with Crippen molar-refractivity contribution in [2.24, 2.45) is 0 Å². The molecule has 2 rings (SSSR count). The average molecular weight is 425 g/mol. The van der Waals surface area contributed by atoms with Crippen LogP contribution in [-0.4, -0.2) is 38.3 Å². The van der Waals surface area contributed by atoms with Gasteiger partial charge in [-0.15, -0.1) is 0 Å². The van der Waals surface area contributed by atoms with E-state index < -0.39 is 10.0 Å². The van der Waals surface area contributed by atoms with E-state index in [1.807, 2.05) is 26.1 Å². The minimum atomic E-state index is -3.46. The zero-order chi connectivity index (χ0) is 20.7. The topological polar surface area (TPSA) is 83.1 Å². The first-order chi connectivity index (χ1) is 13.3. The third kappa shape index (κ3) is 5.78. The van der Waals surface area contributed by atoms with Crippen molar-refractivity contribution < 1.29 is 18.5 Å². The van der Waals surface area contributed by atoms with Crippen molar-refractivity contribution in [1.82, 2.24) is 4.31 Å². The quantitative estimate of drug-likeness (QED) is 0.649. The molecule has 2 aromatic rings. The van der Waals surface area contributed by atoms with Crippen LogP contribution >= 0.6 is 11.6 Å². The molecule has 0 saturated carbocycles. The van der Waals surface area contributed by atoms with Gasteiger partial charge in [-0.1, -0.05) is 43.6 Å². The van der Waals surface area contributed by atoms with Gasteiger partial charge in [0.25, 0.3) is 5.91 Å². The Morgan fingerprint density at radius 1 is 1.14 bits per heavy atom. The van der Waals surface area contributed by atoms with Gasteiger partial charge in [-0.3, -0.25) is 4.79 Å². The van der Waals surface area contributed by atoms with Crippen LogP contribution in [0.15, 0.2) is 53.4 Å². The first-order valence-electron chi connectivity index (χ1n) is 9.26. The molecule has 1 amide bonds. The van der Waals surface area contributed by atoms with Gasteiger partial charge in [-0.05, 0) is 37.3 Å². The second-order valence-electron chi connectivity index (χ2n) is 6.45. The zero-order valence-corrected chi connectivity index (χ0v) is 17.9. The Kier molecular flexibility index (Phi) is 8.00. The predicted molar refractivity (Wildman–Crippen MR) is 112 cm³/mol. The lowest BCUT2D eigenvalue weighted by molar-refractivity contribution is -0.682. The molecule has 0 radical (unpaired) electrons. The van der Waals surface area contributed by atoms with Gasteiger partial charge in [0.05, 0.1) is 4.90 Å². The predicted octanol–water partition coefficient (Wildman–Crippen LogP) is 2.63. The number of nitrogens with two attached hydrogens (primary N) is 1. The summed E-state index contributed by atoms with van der Waals surface area (Å²) >= 11 is 5.91. The summed E-state index contributed by atoms with van der Waals surface area (Å²) in [7, 11) is -3.46. The van der Waals surface area contributed by atoms with Crippen LogP contribution in [0.1, 0.15) is 32.4 Å². The maximum absolute atomic E-state index is 12.5. The maximum atomic E-state index is 12.5. The number of halogens is 1. The van der Waals surface area contributed by atoms with Crippen LogP contribution in [0.25, 0.3) is 0 Å². The lowest BCUT2D eigenvalue weighted by atomic mass is 10.1.